The van der Waals surface area contributed by atoms with Crippen LogP contribution in [0, 0.1) is 0 Å². The van der Waals surface area contributed by atoms with Gasteiger partial charge in [-0.2, -0.15) is 6.42 Å². The summed E-state index contributed by atoms with van der Waals surface area (Å²) in [5, 5.41) is 0. The predicted octanol–water partition coefficient (Wildman–Crippen LogP) is 2.20. The first kappa shape index (κ1) is 25.6. The van der Waals surface area contributed by atoms with Crippen molar-refractivity contribution in [1.82, 2.24) is 0 Å². The third-order valence-electron chi connectivity index (χ3n) is 3.38. The number of carbonyl (C=O) groups excluding carboxylic acids is 1. The van der Waals surface area contributed by atoms with Crippen molar-refractivity contribution in [3.8, 4) is 0 Å². The van der Waals surface area contributed by atoms with Crippen LogP contribution in [-0.4, -0.2) is 35.8 Å². The molecule has 0 N–H and O–H groups in total. The molecule has 0 amide bonds. The molecule has 0 aliphatic carbocycles. The molecule has 0 bridgehead atoms. The Balaban J connectivity index is -0.00000128. The Bertz CT molecular complexity index is 152. The quantitative estimate of drug-likeness (QED) is 0.272. The first-order valence-corrected chi connectivity index (χ1v) is 7.76. The summed E-state index contributed by atoms with van der Waals surface area (Å²) in [4.78, 5) is 9.98. The maximum Gasteiger partial charge on any atom is 1.00 e. The van der Waals surface area contributed by atoms with Crippen LogP contribution < -0.4 is 29.6 Å². The molecule has 0 aromatic heterocycles. The van der Waals surface area contributed by atoms with Crippen LogP contribution in [0.25, 0.3) is 0 Å². The zero-order valence-electron chi connectivity index (χ0n) is 13.8. The van der Waals surface area contributed by atoms with E-state index in [1.807, 2.05) is 6.29 Å². The van der Waals surface area contributed by atoms with Crippen molar-refractivity contribution in [2.75, 3.05) is 0 Å². The molecule has 0 aromatic carbocycles. The zero-order valence-corrected chi connectivity index (χ0v) is 17.8. The van der Waals surface area contributed by atoms with Crippen LogP contribution >= 0.6 is 0 Å². The summed E-state index contributed by atoms with van der Waals surface area (Å²) in [6.07, 6.45) is 20.2. The molecular formula is C16H31Na2O. The monoisotopic (exact) mass is 285 g/mol. The van der Waals surface area contributed by atoms with Gasteiger partial charge >= 0.3 is 29.6 Å². The standard InChI is InChI=1S/C16H31O.2Na/c1-2-3-4-5-6-7-8-9-10-11-12-13-14-15-16-17;;/h2-15H2,1H3;;/q-1;;+1. The molecule has 1 nitrogen and oxygen atoms in total. The summed E-state index contributed by atoms with van der Waals surface area (Å²) in [5.74, 6) is 0. The zero-order chi connectivity index (χ0) is 12.6. The van der Waals surface area contributed by atoms with Crippen LogP contribution in [0.1, 0.15) is 96.8 Å². The summed E-state index contributed by atoms with van der Waals surface area (Å²) in [5.41, 5.74) is 0. The van der Waals surface area contributed by atoms with E-state index in [9.17, 15) is 4.79 Å². The smallest absolute Gasteiger partial charge is 0.542 e. The second-order valence-corrected chi connectivity index (χ2v) is 5.14. The molecule has 0 aliphatic heterocycles. The minimum Gasteiger partial charge on any atom is -0.542 e. The second-order valence-electron chi connectivity index (χ2n) is 5.14. The van der Waals surface area contributed by atoms with Crippen molar-refractivity contribution in [2.24, 2.45) is 0 Å². The number of unbranched alkanes of at least 4 members (excludes halogenated alkanes) is 13. The van der Waals surface area contributed by atoms with Gasteiger partial charge in [-0.05, 0) is 0 Å². The Labute approximate surface area is 165 Å². The maximum atomic E-state index is 9.98. The molecule has 19 heavy (non-hydrogen) atoms. The van der Waals surface area contributed by atoms with Crippen LogP contribution in [0.5, 0.6) is 0 Å². The predicted molar refractivity (Wildman–Crippen MR) is 81.8 cm³/mol. The van der Waals surface area contributed by atoms with Gasteiger partial charge in [0.15, 0.2) is 0 Å². The first-order valence-electron chi connectivity index (χ1n) is 7.76. The Kier molecular flexibility index (Phi) is 33.3. The van der Waals surface area contributed by atoms with E-state index in [0.717, 1.165) is 6.42 Å². The van der Waals surface area contributed by atoms with Crippen LogP contribution in [0.15, 0.2) is 0 Å². The minimum absolute atomic E-state index is 0. The van der Waals surface area contributed by atoms with Crippen molar-refractivity contribution in [3.63, 3.8) is 0 Å². The van der Waals surface area contributed by atoms with Crippen molar-refractivity contribution in [3.05, 3.63) is 0 Å². The fourth-order valence-corrected chi connectivity index (χ4v) is 2.21. The molecule has 0 saturated carbocycles. The van der Waals surface area contributed by atoms with Gasteiger partial charge in [0.1, 0.15) is 0 Å². The van der Waals surface area contributed by atoms with Gasteiger partial charge in [0.2, 0.25) is 0 Å². The normalized spacial score (nSPS) is 9.53. The van der Waals surface area contributed by atoms with Crippen molar-refractivity contribution < 1.29 is 34.4 Å². The molecule has 0 spiro atoms. The van der Waals surface area contributed by atoms with Gasteiger partial charge in [-0.15, -0.1) is 0 Å². The van der Waals surface area contributed by atoms with Crippen molar-refractivity contribution >= 4 is 35.8 Å². The summed E-state index contributed by atoms with van der Waals surface area (Å²) >= 11 is 0. The van der Waals surface area contributed by atoms with Gasteiger partial charge in [0.25, 0.3) is 0 Å². The van der Waals surface area contributed by atoms with E-state index in [2.05, 4.69) is 6.92 Å². The fraction of sp³-hybridized carbons (Fsp3) is 0.938. The molecule has 3 heteroatoms. The van der Waals surface area contributed by atoms with Crippen LogP contribution in [0.2, 0.25) is 0 Å². The van der Waals surface area contributed by atoms with Gasteiger partial charge < -0.3 is 4.79 Å². The molecule has 0 unspecified atom stereocenters. The largest absolute Gasteiger partial charge is 1.00 e. The number of hydrogen-bond acceptors (Lipinski definition) is 1. The van der Waals surface area contributed by atoms with Crippen LogP contribution in [0.3, 0.4) is 0 Å². The van der Waals surface area contributed by atoms with Gasteiger partial charge in [-0.1, -0.05) is 90.4 Å². The Morgan fingerprint density at radius 2 is 0.947 bits per heavy atom. The van der Waals surface area contributed by atoms with Crippen LogP contribution in [0.4, 0.5) is 0 Å². The van der Waals surface area contributed by atoms with E-state index < -0.39 is 0 Å². The first-order chi connectivity index (χ1) is 8.41. The molecule has 0 aromatic rings. The van der Waals surface area contributed by atoms with Gasteiger partial charge in [0, 0.05) is 29.6 Å². The summed E-state index contributed by atoms with van der Waals surface area (Å²) < 4.78 is 0. The average molecular weight is 285 g/mol. The minimum atomic E-state index is 0. The number of rotatable bonds is 14. The third kappa shape index (κ3) is 25.0. The summed E-state index contributed by atoms with van der Waals surface area (Å²) in [6, 6.07) is 0. The molecule has 0 aliphatic rings. The molecular weight excluding hydrogens is 254 g/mol. The van der Waals surface area contributed by atoms with E-state index in [0.29, 0.717) is 6.42 Å². The van der Waals surface area contributed by atoms with Crippen LogP contribution in [-0.2, 0) is 4.79 Å². The van der Waals surface area contributed by atoms with E-state index >= 15 is 0 Å². The van der Waals surface area contributed by atoms with E-state index in [1.54, 1.807) is 0 Å². The van der Waals surface area contributed by atoms with E-state index in [1.165, 1.54) is 77.0 Å². The van der Waals surface area contributed by atoms with Crippen molar-refractivity contribution in [2.45, 2.75) is 96.8 Å². The van der Waals surface area contributed by atoms with Crippen molar-refractivity contribution in [1.29, 1.82) is 0 Å². The van der Waals surface area contributed by atoms with Gasteiger partial charge in [0.05, 0.1) is 0 Å². The molecule has 0 atom stereocenters. The number of hydrogen-bond donors (Lipinski definition) is 0. The third-order valence-corrected chi connectivity index (χ3v) is 3.38. The molecule has 1 radical (unpaired) electrons. The summed E-state index contributed by atoms with van der Waals surface area (Å²) in [6.45, 7) is 2.27. The van der Waals surface area contributed by atoms with E-state index in [-0.39, 0.29) is 59.1 Å². The average Bonchev–Trinajstić information content (AvgIpc) is 2.35. The van der Waals surface area contributed by atoms with Gasteiger partial charge in [-0.25, -0.2) is 0 Å². The Morgan fingerprint density at radius 3 is 1.26 bits per heavy atom. The molecule has 0 rings (SSSR count). The molecule has 0 saturated heterocycles. The molecule has 0 heterocycles. The Morgan fingerprint density at radius 1 is 0.632 bits per heavy atom. The second kappa shape index (κ2) is 24.7. The fourth-order valence-electron chi connectivity index (χ4n) is 2.21. The van der Waals surface area contributed by atoms with Gasteiger partial charge in [-0.3, -0.25) is 6.29 Å². The SMILES string of the molecule is CCCCCCCCCCCCCCC[C-]=O.[Na+].[Na]. The van der Waals surface area contributed by atoms with E-state index in [4.69, 9.17) is 0 Å². The summed E-state index contributed by atoms with van der Waals surface area (Å²) in [7, 11) is 0. The molecule has 103 valence electrons. The topological polar surface area (TPSA) is 17.1 Å². The maximum absolute atomic E-state index is 9.98. The Hall–Kier alpha value is 1.67. The molecule has 0 fully saturated rings.